The largest absolute Gasteiger partial charge is 0.369 e. The fourth-order valence-electron chi connectivity index (χ4n) is 3.42. The first-order valence-corrected chi connectivity index (χ1v) is 10.3. The second kappa shape index (κ2) is 8.63. The molecule has 0 aliphatic heterocycles. The van der Waals surface area contributed by atoms with E-state index in [2.05, 4.69) is 13.8 Å². The Balaban J connectivity index is 2.34. The number of nitrogens with two attached hydrogens (primary N) is 2. The van der Waals surface area contributed by atoms with E-state index in [0.717, 1.165) is 27.1 Å². The first kappa shape index (κ1) is 20.2. The van der Waals surface area contributed by atoms with Crippen molar-refractivity contribution in [2.75, 3.05) is 5.75 Å². The van der Waals surface area contributed by atoms with Crippen LogP contribution in [0.15, 0.2) is 58.2 Å². The SMILES string of the molecule is CC(C)Cn1c(CN)c(-c2ccccc2)c2cc(SCC(N)=O)ccc2c1=O. The van der Waals surface area contributed by atoms with Crippen molar-refractivity contribution in [2.24, 2.45) is 17.4 Å². The van der Waals surface area contributed by atoms with Crippen molar-refractivity contribution in [1.82, 2.24) is 4.57 Å². The highest BCUT2D eigenvalue weighted by Gasteiger charge is 2.18. The number of thioether (sulfide) groups is 1. The fraction of sp³-hybridized carbons (Fsp3) is 0.273. The van der Waals surface area contributed by atoms with Crippen LogP contribution in [0.5, 0.6) is 0 Å². The Bertz CT molecular complexity index is 1060. The number of aromatic nitrogens is 1. The summed E-state index contributed by atoms with van der Waals surface area (Å²) in [4.78, 5) is 25.3. The number of nitrogens with zero attached hydrogens (tertiary/aromatic N) is 1. The number of hydrogen-bond acceptors (Lipinski definition) is 4. The average Bonchev–Trinajstić information content (AvgIpc) is 2.68. The predicted octanol–water partition coefficient (Wildman–Crippen LogP) is 3.36. The Morgan fingerprint density at radius 1 is 1.11 bits per heavy atom. The van der Waals surface area contributed by atoms with E-state index in [1.807, 2.05) is 53.1 Å². The first-order valence-electron chi connectivity index (χ1n) is 9.28. The quantitative estimate of drug-likeness (QED) is 0.600. The van der Waals surface area contributed by atoms with Gasteiger partial charge < -0.3 is 16.0 Å². The van der Waals surface area contributed by atoms with Crippen LogP contribution in [-0.4, -0.2) is 16.2 Å². The number of pyridine rings is 1. The lowest BCUT2D eigenvalue weighted by Gasteiger charge is -2.21. The van der Waals surface area contributed by atoms with Crippen molar-refractivity contribution in [3.63, 3.8) is 0 Å². The van der Waals surface area contributed by atoms with E-state index in [-0.39, 0.29) is 23.8 Å². The van der Waals surface area contributed by atoms with Crippen molar-refractivity contribution in [3.05, 3.63) is 64.6 Å². The van der Waals surface area contributed by atoms with Crippen molar-refractivity contribution in [3.8, 4) is 11.1 Å². The molecule has 0 spiro atoms. The van der Waals surface area contributed by atoms with Gasteiger partial charge in [0, 0.05) is 34.6 Å². The van der Waals surface area contributed by atoms with Gasteiger partial charge >= 0.3 is 0 Å². The summed E-state index contributed by atoms with van der Waals surface area (Å²) in [6.45, 7) is 5.05. The molecular formula is C22H25N3O2S. The van der Waals surface area contributed by atoms with Gasteiger partial charge in [0.1, 0.15) is 0 Å². The van der Waals surface area contributed by atoms with Crippen molar-refractivity contribution in [1.29, 1.82) is 0 Å². The highest BCUT2D eigenvalue weighted by molar-refractivity contribution is 8.00. The van der Waals surface area contributed by atoms with Gasteiger partial charge in [-0.25, -0.2) is 0 Å². The van der Waals surface area contributed by atoms with Crippen LogP contribution in [0.25, 0.3) is 21.9 Å². The van der Waals surface area contributed by atoms with Crippen molar-refractivity contribution < 1.29 is 4.79 Å². The molecule has 1 amide bonds. The molecule has 0 fully saturated rings. The lowest BCUT2D eigenvalue weighted by Crippen LogP contribution is -2.28. The second-order valence-electron chi connectivity index (χ2n) is 7.16. The molecule has 0 unspecified atom stereocenters. The number of carbonyl (C=O) groups excluding carboxylic acids is 1. The van der Waals surface area contributed by atoms with Crippen LogP contribution >= 0.6 is 11.8 Å². The molecular weight excluding hydrogens is 370 g/mol. The Morgan fingerprint density at radius 2 is 1.82 bits per heavy atom. The fourth-order valence-corrected chi connectivity index (χ4v) is 4.09. The average molecular weight is 396 g/mol. The molecule has 2 aromatic carbocycles. The minimum atomic E-state index is -0.372. The second-order valence-corrected chi connectivity index (χ2v) is 8.21. The standard InChI is InChI=1S/C22H25N3O2S/c1-14(2)12-25-19(11-23)21(15-6-4-3-5-7-15)18-10-16(28-13-20(24)26)8-9-17(18)22(25)27/h3-10,14H,11-13,23H2,1-2H3,(H2,24,26). The molecule has 1 aromatic heterocycles. The van der Waals surface area contributed by atoms with Crippen molar-refractivity contribution in [2.45, 2.75) is 31.8 Å². The van der Waals surface area contributed by atoms with Gasteiger partial charge in [-0.3, -0.25) is 9.59 Å². The van der Waals surface area contributed by atoms with Gasteiger partial charge in [-0.2, -0.15) is 0 Å². The molecule has 0 atom stereocenters. The normalized spacial score (nSPS) is 11.3. The van der Waals surface area contributed by atoms with Crippen LogP contribution in [-0.2, 0) is 17.9 Å². The summed E-state index contributed by atoms with van der Waals surface area (Å²) < 4.78 is 1.81. The van der Waals surface area contributed by atoms with Crippen LogP contribution in [0.3, 0.4) is 0 Å². The zero-order chi connectivity index (χ0) is 20.3. The molecule has 28 heavy (non-hydrogen) atoms. The van der Waals surface area contributed by atoms with Crippen LogP contribution in [0.2, 0.25) is 0 Å². The maximum absolute atomic E-state index is 13.2. The molecule has 0 aliphatic rings. The van der Waals surface area contributed by atoms with Gasteiger partial charge in [0.15, 0.2) is 0 Å². The summed E-state index contributed by atoms with van der Waals surface area (Å²) in [5, 5.41) is 1.51. The van der Waals surface area contributed by atoms with E-state index in [1.165, 1.54) is 11.8 Å². The van der Waals surface area contributed by atoms with E-state index >= 15 is 0 Å². The molecule has 0 radical (unpaired) electrons. The van der Waals surface area contributed by atoms with Crippen LogP contribution < -0.4 is 17.0 Å². The summed E-state index contributed by atoms with van der Waals surface area (Å²) >= 11 is 1.37. The minimum absolute atomic E-state index is 0.0321. The van der Waals surface area contributed by atoms with Gasteiger partial charge in [-0.1, -0.05) is 44.2 Å². The van der Waals surface area contributed by atoms with E-state index in [1.54, 1.807) is 0 Å². The van der Waals surface area contributed by atoms with Crippen LogP contribution in [0, 0.1) is 5.92 Å². The summed E-state index contributed by atoms with van der Waals surface area (Å²) in [6, 6.07) is 15.6. The number of benzene rings is 2. The third-order valence-corrected chi connectivity index (χ3v) is 5.55. The van der Waals surface area contributed by atoms with Gasteiger partial charge in [0.05, 0.1) is 5.75 Å². The van der Waals surface area contributed by atoms with Gasteiger partial charge in [-0.05, 0) is 35.1 Å². The topological polar surface area (TPSA) is 91.1 Å². The molecule has 0 bridgehead atoms. The Morgan fingerprint density at radius 3 is 2.43 bits per heavy atom. The Hall–Kier alpha value is -2.57. The van der Waals surface area contributed by atoms with Crippen molar-refractivity contribution >= 4 is 28.4 Å². The monoisotopic (exact) mass is 395 g/mol. The van der Waals surface area contributed by atoms with E-state index < -0.39 is 0 Å². The summed E-state index contributed by atoms with van der Waals surface area (Å²) in [7, 11) is 0. The number of carbonyl (C=O) groups is 1. The maximum Gasteiger partial charge on any atom is 0.258 e. The number of fused-ring (bicyclic) bond motifs is 1. The molecule has 3 aromatic rings. The highest BCUT2D eigenvalue weighted by Crippen LogP contribution is 2.33. The molecule has 3 rings (SSSR count). The summed E-state index contributed by atoms with van der Waals surface area (Å²) in [5.74, 6) is 0.137. The number of amides is 1. The predicted molar refractivity (Wildman–Crippen MR) is 116 cm³/mol. The van der Waals surface area contributed by atoms with Gasteiger partial charge in [0.25, 0.3) is 5.56 Å². The Kier molecular flexibility index (Phi) is 6.21. The smallest absolute Gasteiger partial charge is 0.258 e. The molecule has 0 aliphatic carbocycles. The summed E-state index contributed by atoms with van der Waals surface area (Å²) in [6.07, 6.45) is 0. The first-order chi connectivity index (χ1) is 13.4. The van der Waals surface area contributed by atoms with E-state index in [9.17, 15) is 9.59 Å². The highest BCUT2D eigenvalue weighted by atomic mass is 32.2. The zero-order valence-electron chi connectivity index (χ0n) is 16.1. The van der Waals surface area contributed by atoms with Crippen LogP contribution in [0.4, 0.5) is 0 Å². The summed E-state index contributed by atoms with van der Waals surface area (Å²) in [5.41, 5.74) is 14.2. The number of hydrogen-bond donors (Lipinski definition) is 2. The maximum atomic E-state index is 13.2. The minimum Gasteiger partial charge on any atom is -0.369 e. The third kappa shape index (κ3) is 4.13. The van der Waals surface area contributed by atoms with Gasteiger partial charge in [-0.15, -0.1) is 11.8 Å². The van der Waals surface area contributed by atoms with E-state index in [4.69, 9.17) is 11.5 Å². The molecule has 5 nitrogen and oxygen atoms in total. The molecule has 146 valence electrons. The third-order valence-electron chi connectivity index (χ3n) is 4.53. The molecule has 0 saturated heterocycles. The van der Waals surface area contributed by atoms with E-state index in [0.29, 0.717) is 17.8 Å². The Labute approximate surface area is 168 Å². The molecule has 0 saturated carbocycles. The molecule has 6 heteroatoms. The lowest BCUT2D eigenvalue weighted by atomic mass is 9.96. The number of rotatable bonds is 7. The molecule has 4 N–H and O–H groups in total. The molecule has 1 heterocycles. The number of primary amides is 1. The lowest BCUT2D eigenvalue weighted by molar-refractivity contribution is -0.115. The zero-order valence-corrected chi connectivity index (χ0v) is 17.0. The van der Waals surface area contributed by atoms with Gasteiger partial charge in [0.2, 0.25) is 5.91 Å². The van der Waals surface area contributed by atoms with Crippen LogP contribution in [0.1, 0.15) is 19.5 Å².